The van der Waals surface area contributed by atoms with Gasteiger partial charge < -0.3 is 4.90 Å². The predicted octanol–water partition coefficient (Wildman–Crippen LogP) is 3.12. The fourth-order valence-corrected chi connectivity index (χ4v) is 2.43. The summed E-state index contributed by atoms with van der Waals surface area (Å²) in [7, 11) is 0. The fraction of sp³-hybridized carbons (Fsp3) is 0.300. The number of carbonyl (C=O) groups excluding carboxylic acids is 1. The van der Waals surface area contributed by atoms with Gasteiger partial charge in [-0.05, 0) is 6.07 Å². The smallest absolute Gasteiger partial charge is 0.228 e. The second-order valence-electron chi connectivity index (χ2n) is 3.52. The van der Waals surface area contributed by atoms with Crippen molar-refractivity contribution >= 4 is 39.1 Å². The summed E-state index contributed by atoms with van der Waals surface area (Å²) >= 11 is 9.08. The van der Waals surface area contributed by atoms with Crippen LogP contribution >= 0.6 is 27.5 Å². The zero-order chi connectivity index (χ0) is 11.9. The Labute approximate surface area is 104 Å². The third kappa shape index (κ3) is 2.06. The van der Waals surface area contributed by atoms with E-state index in [0.717, 1.165) is 12.1 Å². The number of carbonyl (C=O) groups is 1. The first-order chi connectivity index (χ1) is 7.49. The third-order valence-electron chi connectivity index (χ3n) is 2.36. The summed E-state index contributed by atoms with van der Waals surface area (Å²) < 4.78 is 25.9. The molecule has 0 bridgehead atoms. The van der Waals surface area contributed by atoms with Crippen LogP contribution in [0.2, 0.25) is 5.02 Å². The van der Waals surface area contributed by atoms with Crippen molar-refractivity contribution in [3.05, 3.63) is 28.8 Å². The molecule has 16 heavy (non-hydrogen) atoms. The number of hydrogen-bond donors (Lipinski definition) is 0. The van der Waals surface area contributed by atoms with Crippen LogP contribution in [-0.4, -0.2) is 17.3 Å². The number of rotatable bonds is 1. The molecular weight excluding hydrogens is 303 g/mol. The Bertz CT molecular complexity index is 455. The Kier molecular flexibility index (Phi) is 3.17. The average molecular weight is 311 g/mol. The van der Waals surface area contributed by atoms with Crippen LogP contribution in [0, 0.1) is 11.6 Å². The maximum Gasteiger partial charge on any atom is 0.228 e. The molecular formula is C10H7BrClF2NO. The van der Waals surface area contributed by atoms with Crippen molar-refractivity contribution in [2.75, 3.05) is 11.4 Å². The van der Waals surface area contributed by atoms with Gasteiger partial charge in [-0.3, -0.25) is 4.79 Å². The highest BCUT2D eigenvalue weighted by atomic mass is 79.9. The number of halogens is 4. The Hall–Kier alpha value is -0.680. The van der Waals surface area contributed by atoms with E-state index in [1.165, 1.54) is 4.90 Å². The van der Waals surface area contributed by atoms with E-state index in [-0.39, 0.29) is 21.4 Å². The Morgan fingerprint density at radius 1 is 1.38 bits per heavy atom. The van der Waals surface area contributed by atoms with Gasteiger partial charge in [0.1, 0.15) is 0 Å². The predicted molar refractivity (Wildman–Crippen MR) is 61.1 cm³/mol. The molecule has 86 valence electrons. The highest BCUT2D eigenvalue weighted by molar-refractivity contribution is 9.09. The van der Waals surface area contributed by atoms with Crippen LogP contribution in [0.15, 0.2) is 12.1 Å². The topological polar surface area (TPSA) is 20.3 Å². The minimum absolute atomic E-state index is 0.0178. The SMILES string of the molecule is O=C1CC(Br)CN1c1cc(F)c(F)cc1Cl. The normalized spacial score (nSPS) is 20.6. The van der Waals surface area contributed by atoms with E-state index in [4.69, 9.17) is 11.6 Å². The third-order valence-corrected chi connectivity index (χ3v) is 3.27. The molecule has 1 heterocycles. The summed E-state index contributed by atoms with van der Waals surface area (Å²) in [6.45, 7) is 0.406. The van der Waals surface area contributed by atoms with E-state index in [1.807, 2.05) is 0 Å². The molecule has 1 amide bonds. The van der Waals surface area contributed by atoms with Crippen LogP contribution in [0.4, 0.5) is 14.5 Å². The molecule has 0 aliphatic carbocycles. The fourth-order valence-electron chi connectivity index (χ4n) is 1.62. The number of amides is 1. The first kappa shape index (κ1) is 11.8. The summed E-state index contributed by atoms with van der Waals surface area (Å²) in [5.74, 6) is -2.18. The van der Waals surface area contributed by atoms with Crippen molar-refractivity contribution in [2.24, 2.45) is 0 Å². The lowest BCUT2D eigenvalue weighted by Crippen LogP contribution is -2.25. The molecule has 1 fully saturated rings. The lowest BCUT2D eigenvalue weighted by Gasteiger charge is -2.17. The molecule has 1 aromatic rings. The van der Waals surface area contributed by atoms with Crippen molar-refractivity contribution in [1.29, 1.82) is 0 Å². The maximum absolute atomic E-state index is 13.1. The first-order valence-corrected chi connectivity index (χ1v) is 5.87. The molecule has 1 aliphatic heterocycles. The monoisotopic (exact) mass is 309 g/mol. The number of anilines is 1. The standard InChI is InChI=1S/C10H7BrClF2NO/c11-5-1-10(16)15(4-5)9-3-8(14)7(13)2-6(9)12/h2-3,5H,1,4H2. The van der Waals surface area contributed by atoms with Gasteiger partial charge in [0.05, 0.1) is 10.7 Å². The molecule has 2 nitrogen and oxygen atoms in total. The summed E-state index contributed by atoms with van der Waals surface area (Å²) in [6.07, 6.45) is 0.329. The van der Waals surface area contributed by atoms with E-state index in [9.17, 15) is 13.6 Å². The summed E-state index contributed by atoms with van der Waals surface area (Å²) in [5.41, 5.74) is 0.215. The van der Waals surface area contributed by atoms with Gasteiger partial charge in [-0.15, -0.1) is 0 Å². The molecule has 0 saturated carbocycles. The van der Waals surface area contributed by atoms with Crippen LogP contribution in [0.1, 0.15) is 6.42 Å². The van der Waals surface area contributed by atoms with Crippen LogP contribution in [0.5, 0.6) is 0 Å². The highest BCUT2D eigenvalue weighted by Crippen LogP contribution is 2.32. The molecule has 0 aromatic heterocycles. The van der Waals surface area contributed by atoms with Crippen LogP contribution in [0.25, 0.3) is 0 Å². The van der Waals surface area contributed by atoms with Crippen molar-refractivity contribution in [2.45, 2.75) is 11.2 Å². The highest BCUT2D eigenvalue weighted by Gasteiger charge is 2.30. The van der Waals surface area contributed by atoms with Crippen LogP contribution < -0.4 is 4.90 Å². The van der Waals surface area contributed by atoms with E-state index < -0.39 is 11.6 Å². The van der Waals surface area contributed by atoms with Crippen LogP contribution in [-0.2, 0) is 4.79 Å². The maximum atomic E-state index is 13.1. The van der Waals surface area contributed by atoms with Crippen molar-refractivity contribution in [3.63, 3.8) is 0 Å². The Morgan fingerprint density at radius 2 is 2.00 bits per heavy atom. The second-order valence-corrected chi connectivity index (χ2v) is 5.23. The van der Waals surface area contributed by atoms with E-state index in [2.05, 4.69) is 15.9 Å². The van der Waals surface area contributed by atoms with E-state index in [1.54, 1.807) is 0 Å². The summed E-state index contributed by atoms with van der Waals surface area (Å²) in [5, 5.41) is 0.0360. The molecule has 0 spiro atoms. The van der Waals surface area contributed by atoms with Crippen molar-refractivity contribution in [3.8, 4) is 0 Å². The minimum atomic E-state index is -1.02. The van der Waals surface area contributed by atoms with Crippen molar-refractivity contribution in [1.82, 2.24) is 0 Å². The number of alkyl halides is 1. The Balaban J connectivity index is 2.41. The lowest BCUT2D eigenvalue weighted by atomic mass is 10.2. The second kappa shape index (κ2) is 4.30. The van der Waals surface area contributed by atoms with Gasteiger partial charge in [0, 0.05) is 23.9 Å². The zero-order valence-corrected chi connectivity index (χ0v) is 10.4. The zero-order valence-electron chi connectivity index (χ0n) is 8.01. The van der Waals surface area contributed by atoms with Crippen LogP contribution in [0.3, 0.4) is 0 Å². The average Bonchev–Trinajstić information content (AvgIpc) is 2.51. The van der Waals surface area contributed by atoms with Gasteiger partial charge >= 0.3 is 0 Å². The van der Waals surface area contributed by atoms with E-state index >= 15 is 0 Å². The minimum Gasteiger partial charge on any atom is -0.310 e. The number of nitrogens with zero attached hydrogens (tertiary/aromatic N) is 1. The summed E-state index contributed by atoms with van der Waals surface area (Å²) in [6, 6.07) is 1.82. The molecule has 1 saturated heterocycles. The van der Waals surface area contributed by atoms with Crippen molar-refractivity contribution < 1.29 is 13.6 Å². The molecule has 0 radical (unpaired) electrons. The molecule has 0 N–H and O–H groups in total. The van der Waals surface area contributed by atoms with Gasteiger partial charge in [0.25, 0.3) is 0 Å². The molecule has 1 atom stereocenters. The molecule has 1 unspecified atom stereocenters. The molecule has 1 aromatic carbocycles. The van der Waals surface area contributed by atoms with Gasteiger partial charge in [-0.2, -0.15) is 0 Å². The lowest BCUT2D eigenvalue weighted by molar-refractivity contribution is -0.117. The largest absolute Gasteiger partial charge is 0.310 e. The number of benzene rings is 1. The Morgan fingerprint density at radius 3 is 2.56 bits per heavy atom. The molecule has 2 rings (SSSR count). The van der Waals surface area contributed by atoms with Gasteiger partial charge in [-0.1, -0.05) is 27.5 Å². The van der Waals surface area contributed by atoms with Gasteiger partial charge in [0.15, 0.2) is 11.6 Å². The number of hydrogen-bond acceptors (Lipinski definition) is 1. The van der Waals surface area contributed by atoms with Gasteiger partial charge in [-0.25, -0.2) is 8.78 Å². The van der Waals surface area contributed by atoms with Gasteiger partial charge in [0.2, 0.25) is 5.91 Å². The molecule has 1 aliphatic rings. The molecule has 6 heteroatoms. The first-order valence-electron chi connectivity index (χ1n) is 4.58. The quantitative estimate of drug-likeness (QED) is 0.576. The summed E-state index contributed by atoms with van der Waals surface area (Å²) in [4.78, 5) is 12.9. The van der Waals surface area contributed by atoms with E-state index in [0.29, 0.717) is 13.0 Å².